The summed E-state index contributed by atoms with van der Waals surface area (Å²) in [6, 6.07) is 22.3. The van der Waals surface area contributed by atoms with Crippen molar-refractivity contribution >= 4 is 17.5 Å². The first kappa shape index (κ1) is 21.7. The summed E-state index contributed by atoms with van der Waals surface area (Å²) in [6.07, 6.45) is 0. The van der Waals surface area contributed by atoms with E-state index in [2.05, 4.69) is 39.0 Å². The van der Waals surface area contributed by atoms with Gasteiger partial charge in [-0.2, -0.15) is 0 Å². The van der Waals surface area contributed by atoms with Gasteiger partial charge in [-0.1, -0.05) is 48.5 Å². The van der Waals surface area contributed by atoms with Crippen LogP contribution in [0.1, 0.15) is 27.3 Å². The van der Waals surface area contributed by atoms with Crippen LogP contribution < -0.4 is 10.2 Å². The van der Waals surface area contributed by atoms with Crippen LogP contribution in [0.5, 0.6) is 0 Å². The highest BCUT2D eigenvalue weighted by atomic mass is 16.2. The Bertz CT molecular complexity index is 1070. The molecule has 2 heterocycles. The maximum absolute atomic E-state index is 12.8. The molecule has 1 aromatic heterocycles. The summed E-state index contributed by atoms with van der Waals surface area (Å²) in [5.41, 5.74) is 4.93. The summed E-state index contributed by atoms with van der Waals surface area (Å²) < 4.78 is 2.13. The Balaban J connectivity index is 1.31. The van der Waals surface area contributed by atoms with Gasteiger partial charge in [-0.05, 0) is 37.6 Å². The van der Waals surface area contributed by atoms with Gasteiger partial charge in [0.05, 0.1) is 12.1 Å². The van der Waals surface area contributed by atoms with E-state index in [1.165, 1.54) is 11.3 Å². The standard InChI is InChI=1S/C26H30N4O2/c1-20-17-24(21(2)30(20)19-22-9-5-3-6-10-22)26(32)27-18-25(31)29-15-13-28(14-16-29)23-11-7-4-8-12-23/h3-12,17H,13-16,18-19H2,1-2H3,(H,27,32). The number of benzene rings is 2. The van der Waals surface area contributed by atoms with Crippen molar-refractivity contribution in [2.24, 2.45) is 0 Å². The molecule has 4 rings (SSSR count). The molecule has 3 aromatic rings. The van der Waals surface area contributed by atoms with E-state index in [-0.39, 0.29) is 18.4 Å². The molecule has 1 N–H and O–H groups in total. The Morgan fingerprint density at radius 2 is 1.50 bits per heavy atom. The van der Waals surface area contributed by atoms with Crippen molar-refractivity contribution in [3.8, 4) is 0 Å². The monoisotopic (exact) mass is 430 g/mol. The number of carbonyl (C=O) groups is 2. The van der Waals surface area contributed by atoms with E-state index in [1.54, 1.807) is 0 Å². The predicted molar refractivity (Wildman–Crippen MR) is 127 cm³/mol. The fraction of sp³-hybridized carbons (Fsp3) is 0.308. The van der Waals surface area contributed by atoms with Crippen LogP contribution in [-0.4, -0.2) is 54.0 Å². The third kappa shape index (κ3) is 4.85. The Morgan fingerprint density at radius 3 is 2.16 bits per heavy atom. The fourth-order valence-corrected chi connectivity index (χ4v) is 4.26. The number of rotatable bonds is 6. The molecule has 1 aliphatic rings. The van der Waals surface area contributed by atoms with Crippen LogP contribution in [0.15, 0.2) is 66.7 Å². The highest BCUT2D eigenvalue weighted by Gasteiger charge is 2.22. The van der Waals surface area contributed by atoms with Gasteiger partial charge in [-0.15, -0.1) is 0 Å². The van der Waals surface area contributed by atoms with E-state index in [0.717, 1.165) is 31.0 Å². The first-order valence-electron chi connectivity index (χ1n) is 11.1. The Morgan fingerprint density at radius 1 is 0.875 bits per heavy atom. The lowest BCUT2D eigenvalue weighted by Gasteiger charge is -2.36. The molecule has 6 heteroatoms. The summed E-state index contributed by atoms with van der Waals surface area (Å²) in [5.74, 6) is -0.238. The van der Waals surface area contributed by atoms with Gasteiger partial charge < -0.3 is 19.7 Å². The average Bonchev–Trinajstić information content (AvgIpc) is 3.12. The number of carbonyl (C=O) groups excluding carboxylic acids is 2. The number of para-hydroxylation sites is 1. The molecule has 1 aliphatic heterocycles. The van der Waals surface area contributed by atoms with Crippen LogP contribution in [-0.2, 0) is 11.3 Å². The normalized spacial score (nSPS) is 13.8. The zero-order valence-electron chi connectivity index (χ0n) is 18.8. The van der Waals surface area contributed by atoms with E-state index in [1.807, 2.05) is 61.2 Å². The maximum Gasteiger partial charge on any atom is 0.253 e. The van der Waals surface area contributed by atoms with E-state index in [9.17, 15) is 9.59 Å². The van der Waals surface area contributed by atoms with Gasteiger partial charge in [-0.25, -0.2) is 0 Å². The highest BCUT2D eigenvalue weighted by Crippen LogP contribution is 2.18. The second-order valence-corrected chi connectivity index (χ2v) is 8.24. The molecule has 32 heavy (non-hydrogen) atoms. The number of aryl methyl sites for hydroxylation is 1. The lowest BCUT2D eigenvalue weighted by atomic mass is 10.2. The third-order valence-corrected chi connectivity index (χ3v) is 6.16. The first-order chi connectivity index (χ1) is 15.5. The van der Waals surface area contributed by atoms with Gasteiger partial charge in [-0.3, -0.25) is 9.59 Å². The van der Waals surface area contributed by atoms with Crippen molar-refractivity contribution in [2.45, 2.75) is 20.4 Å². The average molecular weight is 431 g/mol. The van der Waals surface area contributed by atoms with Gasteiger partial charge >= 0.3 is 0 Å². The van der Waals surface area contributed by atoms with Crippen LogP contribution >= 0.6 is 0 Å². The first-order valence-corrected chi connectivity index (χ1v) is 11.1. The van der Waals surface area contributed by atoms with Gasteiger partial charge in [0.15, 0.2) is 0 Å². The fourth-order valence-electron chi connectivity index (χ4n) is 4.26. The molecular formula is C26H30N4O2. The van der Waals surface area contributed by atoms with E-state index in [0.29, 0.717) is 18.7 Å². The number of piperazine rings is 1. The van der Waals surface area contributed by atoms with Crippen molar-refractivity contribution in [1.29, 1.82) is 0 Å². The van der Waals surface area contributed by atoms with Crippen LogP contribution in [0.3, 0.4) is 0 Å². The molecule has 2 amide bonds. The molecule has 0 saturated carbocycles. The number of amides is 2. The molecule has 0 aliphatic carbocycles. The zero-order valence-corrected chi connectivity index (χ0v) is 18.8. The molecular weight excluding hydrogens is 400 g/mol. The van der Waals surface area contributed by atoms with Crippen LogP contribution in [0.4, 0.5) is 5.69 Å². The number of aromatic nitrogens is 1. The van der Waals surface area contributed by atoms with Crippen molar-refractivity contribution in [2.75, 3.05) is 37.6 Å². The minimum atomic E-state index is -0.200. The smallest absolute Gasteiger partial charge is 0.253 e. The molecule has 1 fully saturated rings. The minimum absolute atomic E-state index is 0.0204. The van der Waals surface area contributed by atoms with E-state index >= 15 is 0 Å². The quantitative estimate of drug-likeness (QED) is 0.653. The number of nitrogens with one attached hydrogen (secondary N) is 1. The van der Waals surface area contributed by atoms with Crippen LogP contribution in [0.2, 0.25) is 0 Å². The van der Waals surface area contributed by atoms with Gasteiger partial charge in [0, 0.05) is 49.8 Å². The minimum Gasteiger partial charge on any atom is -0.368 e. The third-order valence-electron chi connectivity index (χ3n) is 6.16. The predicted octanol–water partition coefficient (Wildman–Crippen LogP) is 3.23. The maximum atomic E-state index is 12.8. The molecule has 1 saturated heterocycles. The summed E-state index contributed by atoms with van der Waals surface area (Å²) in [5, 5.41) is 2.83. The lowest BCUT2D eigenvalue weighted by molar-refractivity contribution is -0.130. The largest absolute Gasteiger partial charge is 0.368 e. The molecule has 0 radical (unpaired) electrons. The van der Waals surface area contributed by atoms with Gasteiger partial charge in [0.25, 0.3) is 5.91 Å². The second-order valence-electron chi connectivity index (χ2n) is 8.24. The second kappa shape index (κ2) is 9.73. The topological polar surface area (TPSA) is 57.6 Å². The molecule has 2 aromatic carbocycles. The zero-order chi connectivity index (χ0) is 22.5. The number of hydrogen-bond donors (Lipinski definition) is 1. The summed E-state index contributed by atoms with van der Waals surface area (Å²) in [7, 11) is 0. The molecule has 6 nitrogen and oxygen atoms in total. The van der Waals surface area contributed by atoms with E-state index < -0.39 is 0 Å². The molecule has 0 atom stereocenters. The highest BCUT2D eigenvalue weighted by molar-refractivity contribution is 5.97. The Labute approximate surface area is 189 Å². The van der Waals surface area contributed by atoms with Crippen molar-refractivity contribution in [3.63, 3.8) is 0 Å². The SMILES string of the molecule is Cc1cc(C(=O)NCC(=O)N2CCN(c3ccccc3)CC2)c(C)n1Cc1ccccc1. The van der Waals surface area contributed by atoms with Crippen LogP contribution in [0, 0.1) is 13.8 Å². The van der Waals surface area contributed by atoms with Crippen LogP contribution in [0.25, 0.3) is 0 Å². The summed E-state index contributed by atoms with van der Waals surface area (Å²) in [6.45, 7) is 7.61. The molecule has 166 valence electrons. The number of hydrogen-bond acceptors (Lipinski definition) is 3. The van der Waals surface area contributed by atoms with Crippen molar-refractivity contribution in [1.82, 2.24) is 14.8 Å². The Kier molecular flexibility index (Phi) is 6.59. The van der Waals surface area contributed by atoms with Gasteiger partial charge in [0.1, 0.15) is 0 Å². The van der Waals surface area contributed by atoms with Crippen molar-refractivity contribution < 1.29 is 9.59 Å². The molecule has 0 unspecified atom stereocenters. The summed E-state index contributed by atoms with van der Waals surface area (Å²) >= 11 is 0. The lowest BCUT2D eigenvalue weighted by Crippen LogP contribution is -2.51. The number of anilines is 1. The van der Waals surface area contributed by atoms with E-state index in [4.69, 9.17) is 0 Å². The summed E-state index contributed by atoms with van der Waals surface area (Å²) in [4.78, 5) is 29.6. The number of nitrogens with zero attached hydrogens (tertiary/aromatic N) is 3. The van der Waals surface area contributed by atoms with Gasteiger partial charge in [0.2, 0.25) is 5.91 Å². The Hall–Kier alpha value is -3.54. The van der Waals surface area contributed by atoms with Crippen molar-refractivity contribution in [3.05, 3.63) is 89.2 Å². The molecule has 0 spiro atoms. The molecule has 0 bridgehead atoms.